The van der Waals surface area contributed by atoms with E-state index >= 15 is 0 Å². The number of carboxylic acids is 1. The Labute approximate surface area is 329 Å². The SMILES string of the molecule is CS(=O)(=O)N1CC1C(=O)[O-].CS(=O)(=O)[O-].O=C1N=C(c2ccc(-c3ccccc3)cc2)c2c(O)[nH]c(-c3ccc(-c4ccccc4)cc3)c21.[Ba+2]. The summed E-state index contributed by atoms with van der Waals surface area (Å²) in [7, 11) is -7.23. The molecule has 1 fully saturated rings. The first kappa shape index (κ1) is 39.0. The van der Waals surface area contributed by atoms with E-state index in [1.54, 1.807) is 0 Å². The quantitative estimate of drug-likeness (QED) is 0.147. The molecule has 12 nitrogen and oxygen atoms in total. The molecule has 1 saturated heterocycles. The van der Waals surface area contributed by atoms with E-state index in [9.17, 15) is 28.2 Å². The summed E-state index contributed by atoms with van der Waals surface area (Å²) in [5.74, 6) is -1.73. The molecule has 252 valence electrons. The van der Waals surface area contributed by atoms with Gasteiger partial charge in [-0.1, -0.05) is 109 Å². The van der Waals surface area contributed by atoms with Crippen molar-refractivity contribution in [1.82, 2.24) is 9.29 Å². The Hall–Kier alpha value is -3.84. The largest absolute Gasteiger partial charge is 2.00 e. The number of aliphatic carboxylic acids is 1. The zero-order valence-electron chi connectivity index (χ0n) is 26.8. The number of rotatable bonds is 6. The van der Waals surface area contributed by atoms with Crippen molar-refractivity contribution >= 4 is 86.6 Å². The van der Waals surface area contributed by atoms with E-state index in [4.69, 9.17) is 13.0 Å². The number of sulfonamides is 1. The molecule has 1 amide bonds. The second kappa shape index (κ2) is 16.0. The maximum atomic E-state index is 12.9. The van der Waals surface area contributed by atoms with Gasteiger partial charge in [0.1, 0.15) is 0 Å². The third-order valence-electron chi connectivity index (χ3n) is 7.46. The van der Waals surface area contributed by atoms with Crippen LogP contribution in [0.2, 0.25) is 0 Å². The van der Waals surface area contributed by atoms with Crippen LogP contribution >= 0.6 is 0 Å². The molecule has 7 rings (SSSR count). The Morgan fingerprint density at radius 3 is 1.52 bits per heavy atom. The van der Waals surface area contributed by atoms with Gasteiger partial charge in [0, 0.05) is 18.4 Å². The van der Waals surface area contributed by atoms with Crippen molar-refractivity contribution in [2.75, 3.05) is 19.1 Å². The van der Waals surface area contributed by atoms with Crippen LogP contribution in [-0.4, -0.2) is 127 Å². The molecule has 3 heterocycles. The average molecular weight is 837 g/mol. The van der Waals surface area contributed by atoms with Gasteiger partial charge in [-0.25, -0.2) is 21.8 Å². The number of nitrogens with zero attached hydrogens (tertiary/aromatic N) is 2. The molecule has 0 radical (unpaired) electrons. The van der Waals surface area contributed by atoms with E-state index in [0.29, 0.717) is 28.8 Å². The summed E-state index contributed by atoms with van der Waals surface area (Å²) in [4.78, 5) is 30.2. The van der Waals surface area contributed by atoms with Crippen LogP contribution in [0.1, 0.15) is 21.5 Å². The molecular formula is C35H29BaN3O9S2. The molecular weight excluding hydrogens is 808 g/mol. The minimum Gasteiger partial charge on any atom is -0.748 e. The topological polar surface area (TPSA) is 200 Å². The molecule has 2 atom stereocenters. The Balaban J connectivity index is 0.000000294. The van der Waals surface area contributed by atoms with E-state index < -0.39 is 32.2 Å². The number of aromatic hydroxyl groups is 1. The normalized spacial score (nSPS) is 16.0. The number of aliphatic imine (C=N–C) groups is 1. The van der Waals surface area contributed by atoms with Crippen LogP contribution in [0.4, 0.5) is 0 Å². The number of carbonyl (C=O) groups is 2. The molecule has 0 bridgehead atoms. The van der Waals surface area contributed by atoms with Crippen molar-refractivity contribution in [3.05, 3.63) is 126 Å². The number of hydrogen-bond acceptors (Lipinski definition) is 9. The van der Waals surface area contributed by atoms with Crippen LogP contribution in [0, 0.1) is 0 Å². The van der Waals surface area contributed by atoms with Gasteiger partial charge in [-0.2, -0.15) is 4.31 Å². The van der Waals surface area contributed by atoms with Crippen LogP contribution in [0.15, 0.2) is 114 Å². The van der Waals surface area contributed by atoms with Gasteiger partial charge in [0.05, 0.1) is 50.9 Å². The number of amides is 1. The van der Waals surface area contributed by atoms with E-state index in [1.807, 2.05) is 84.9 Å². The first-order valence-corrected chi connectivity index (χ1v) is 18.3. The number of carbonyl (C=O) groups excluding carboxylic acids is 2. The molecule has 2 N–H and O–H groups in total. The third kappa shape index (κ3) is 9.69. The summed E-state index contributed by atoms with van der Waals surface area (Å²) in [6.45, 7) is 0.0567. The number of aromatic amines is 1. The van der Waals surface area contributed by atoms with E-state index in [2.05, 4.69) is 34.2 Å². The summed E-state index contributed by atoms with van der Waals surface area (Å²) < 4.78 is 49.2. The number of nitrogens with one attached hydrogen (secondary N) is 1. The summed E-state index contributed by atoms with van der Waals surface area (Å²) in [6, 6.07) is 35.1. The molecule has 50 heavy (non-hydrogen) atoms. The van der Waals surface area contributed by atoms with Crippen molar-refractivity contribution in [3.63, 3.8) is 0 Å². The predicted molar refractivity (Wildman–Crippen MR) is 187 cm³/mol. The first-order valence-electron chi connectivity index (χ1n) is 14.6. The van der Waals surface area contributed by atoms with Crippen molar-refractivity contribution in [1.29, 1.82) is 0 Å². The van der Waals surface area contributed by atoms with Crippen LogP contribution in [0.5, 0.6) is 5.88 Å². The fourth-order valence-corrected chi connectivity index (χ4v) is 6.12. The van der Waals surface area contributed by atoms with Gasteiger partial charge in [-0.05, 0) is 27.8 Å². The van der Waals surface area contributed by atoms with Crippen molar-refractivity contribution < 1.29 is 41.2 Å². The zero-order chi connectivity index (χ0) is 35.5. The predicted octanol–water partition coefficient (Wildman–Crippen LogP) is 2.87. The maximum Gasteiger partial charge on any atom is 2.00 e. The van der Waals surface area contributed by atoms with Crippen LogP contribution in [-0.2, 0) is 24.9 Å². The minimum atomic E-state index is -3.92. The smallest absolute Gasteiger partial charge is 0.748 e. The fraction of sp³-hybridized carbons (Fsp3) is 0.114. The molecule has 0 aliphatic carbocycles. The molecule has 15 heteroatoms. The van der Waals surface area contributed by atoms with Gasteiger partial charge in [0.25, 0.3) is 5.91 Å². The third-order valence-corrected chi connectivity index (χ3v) is 8.71. The van der Waals surface area contributed by atoms with E-state index in [1.165, 1.54) is 0 Å². The molecule has 1 aromatic heterocycles. The van der Waals surface area contributed by atoms with Gasteiger partial charge in [-0.15, -0.1) is 0 Å². The van der Waals surface area contributed by atoms with Gasteiger partial charge in [-0.3, -0.25) is 4.79 Å². The molecule has 2 aliphatic rings. The maximum absolute atomic E-state index is 12.9. The van der Waals surface area contributed by atoms with Crippen LogP contribution in [0.3, 0.4) is 0 Å². The van der Waals surface area contributed by atoms with Gasteiger partial charge >= 0.3 is 48.9 Å². The monoisotopic (exact) mass is 837 g/mol. The number of aromatic nitrogens is 1. The Morgan fingerprint density at radius 2 is 1.14 bits per heavy atom. The zero-order valence-corrected chi connectivity index (χ0v) is 32.9. The fourth-order valence-electron chi connectivity index (χ4n) is 5.16. The molecule has 4 aromatic carbocycles. The summed E-state index contributed by atoms with van der Waals surface area (Å²) >= 11 is 0. The molecule has 2 aliphatic heterocycles. The number of H-pyrrole nitrogens is 1. The molecule has 5 aromatic rings. The number of carboxylic acid groups (broad SMARTS) is 1. The standard InChI is InChI=1S/C30H20N2O2.C4H7NO4S.CH4O3S.Ba/c33-29-25-26(28(32-29)24-17-13-22(14-18-24)20-9-5-2-6-10-20)30(34)31-27(25)23-15-11-21(12-16-23)19-7-3-1-4-8-19;1-10(8,9)5-2-3(5)4(6)7;1-5(2,3)4;/h1-18,31,34H;3H,2H2,1H3,(H,6,7);1H3,(H,2,3,4);/q;;;+2/p-2. The van der Waals surface area contributed by atoms with Gasteiger partial charge in [0.2, 0.25) is 10.0 Å². The second-order valence-corrected chi connectivity index (χ2v) is 14.5. The summed E-state index contributed by atoms with van der Waals surface area (Å²) in [5.41, 5.74) is 7.93. The minimum absolute atomic E-state index is 0. The molecule has 0 spiro atoms. The number of fused-ring (bicyclic) bond motifs is 1. The average Bonchev–Trinajstić information content (AvgIpc) is 3.74. The Morgan fingerprint density at radius 1 is 0.740 bits per heavy atom. The van der Waals surface area contributed by atoms with Crippen LogP contribution < -0.4 is 5.11 Å². The van der Waals surface area contributed by atoms with Crippen molar-refractivity contribution in [3.8, 4) is 39.4 Å². The van der Waals surface area contributed by atoms with Crippen molar-refractivity contribution in [2.24, 2.45) is 4.99 Å². The van der Waals surface area contributed by atoms with E-state index in [0.717, 1.165) is 43.9 Å². The summed E-state index contributed by atoms with van der Waals surface area (Å²) in [6.07, 6.45) is 1.57. The van der Waals surface area contributed by atoms with Crippen LogP contribution in [0.25, 0.3) is 33.5 Å². The number of benzene rings is 4. The Kier molecular flexibility index (Phi) is 12.5. The van der Waals surface area contributed by atoms with Crippen molar-refractivity contribution in [2.45, 2.75) is 6.04 Å². The first-order chi connectivity index (χ1) is 23.1. The van der Waals surface area contributed by atoms with Gasteiger partial charge < -0.3 is 24.5 Å². The molecule has 0 saturated carbocycles. The van der Waals surface area contributed by atoms with Gasteiger partial charge in [0.15, 0.2) is 5.88 Å². The molecule has 2 unspecified atom stereocenters. The van der Waals surface area contributed by atoms with E-state index in [-0.39, 0.29) is 67.2 Å². The summed E-state index contributed by atoms with van der Waals surface area (Å²) in [5, 5.41) is 20.7. The number of hydrogen-bond donors (Lipinski definition) is 2. The Bertz CT molecular complexity index is 2250. The second-order valence-electron chi connectivity index (χ2n) is 11.1.